The lowest BCUT2D eigenvalue weighted by Crippen LogP contribution is -2.58. The van der Waals surface area contributed by atoms with Gasteiger partial charge in [0.15, 0.2) is 0 Å². The number of nitrogens with one attached hydrogen (secondary N) is 2. The van der Waals surface area contributed by atoms with Gasteiger partial charge in [-0.25, -0.2) is 0 Å². The van der Waals surface area contributed by atoms with E-state index in [0.29, 0.717) is 13.2 Å². The lowest BCUT2D eigenvalue weighted by atomic mass is 9.49. The third-order valence-corrected chi connectivity index (χ3v) is 7.57. The van der Waals surface area contributed by atoms with Crippen molar-refractivity contribution in [3.8, 4) is 0 Å². The Morgan fingerprint density at radius 2 is 1.64 bits per heavy atom. The molecule has 0 heterocycles. The molecule has 2 amide bonds. The van der Waals surface area contributed by atoms with Crippen molar-refractivity contribution >= 4 is 11.8 Å². The highest BCUT2D eigenvalue weighted by Crippen LogP contribution is 2.60. The summed E-state index contributed by atoms with van der Waals surface area (Å²) >= 11 is 0. The molecule has 5 fully saturated rings. The van der Waals surface area contributed by atoms with Crippen molar-refractivity contribution in [3.63, 3.8) is 0 Å². The molecular weight excluding hydrogens is 352 g/mol. The van der Waals surface area contributed by atoms with Crippen LogP contribution in [0.2, 0.25) is 0 Å². The first-order chi connectivity index (χ1) is 13.4. The number of hydrogen-bond acceptors (Lipinski definition) is 3. The zero-order chi connectivity index (χ0) is 19.7. The lowest BCUT2D eigenvalue weighted by Gasteiger charge is -2.55. The maximum absolute atomic E-state index is 13.3. The first kappa shape index (κ1) is 20.2. The Labute approximate surface area is 169 Å². The molecular formula is C23H38N2O3. The SMILES string of the molecule is CC(C)C(NC(=O)C12CC3CC(CC(C3)C1)C2)C(=O)NCCCOCC1CC1. The predicted octanol–water partition coefficient (Wildman–Crippen LogP) is 3.28. The molecule has 0 spiro atoms. The topological polar surface area (TPSA) is 67.4 Å². The summed E-state index contributed by atoms with van der Waals surface area (Å²) < 4.78 is 5.63. The molecule has 5 aliphatic carbocycles. The molecule has 5 aliphatic rings. The summed E-state index contributed by atoms with van der Waals surface area (Å²) in [7, 11) is 0. The molecule has 5 saturated carbocycles. The van der Waals surface area contributed by atoms with Crippen molar-refractivity contribution in [2.75, 3.05) is 19.8 Å². The Morgan fingerprint density at radius 1 is 1.04 bits per heavy atom. The predicted molar refractivity (Wildman–Crippen MR) is 109 cm³/mol. The van der Waals surface area contributed by atoms with Crippen LogP contribution in [0.5, 0.6) is 0 Å². The van der Waals surface area contributed by atoms with Crippen molar-refractivity contribution in [3.05, 3.63) is 0 Å². The van der Waals surface area contributed by atoms with Gasteiger partial charge < -0.3 is 15.4 Å². The van der Waals surface area contributed by atoms with Crippen LogP contribution >= 0.6 is 0 Å². The fourth-order valence-corrected chi connectivity index (χ4v) is 6.25. The van der Waals surface area contributed by atoms with E-state index in [4.69, 9.17) is 4.74 Å². The van der Waals surface area contributed by atoms with Gasteiger partial charge in [-0.05, 0) is 87.4 Å². The second kappa shape index (κ2) is 8.33. The van der Waals surface area contributed by atoms with Crippen molar-refractivity contribution in [1.82, 2.24) is 10.6 Å². The maximum Gasteiger partial charge on any atom is 0.242 e. The third-order valence-electron chi connectivity index (χ3n) is 7.57. The first-order valence-electron chi connectivity index (χ1n) is 11.6. The fraction of sp³-hybridized carbons (Fsp3) is 0.913. The summed E-state index contributed by atoms with van der Waals surface area (Å²) in [5.41, 5.74) is -0.196. The molecule has 4 bridgehead atoms. The molecule has 0 saturated heterocycles. The molecule has 1 unspecified atom stereocenters. The van der Waals surface area contributed by atoms with Crippen LogP contribution in [0, 0.1) is 35.0 Å². The molecule has 1 atom stereocenters. The normalized spacial score (nSPS) is 34.5. The van der Waals surface area contributed by atoms with Gasteiger partial charge in [-0.1, -0.05) is 13.8 Å². The third kappa shape index (κ3) is 4.55. The summed E-state index contributed by atoms with van der Waals surface area (Å²) in [6.07, 6.45) is 10.5. The van der Waals surface area contributed by atoms with E-state index in [1.807, 2.05) is 13.8 Å². The number of ether oxygens (including phenoxy) is 1. The molecule has 0 aromatic heterocycles. The van der Waals surface area contributed by atoms with E-state index in [9.17, 15) is 9.59 Å². The second-order valence-electron chi connectivity index (χ2n) is 10.6. The Morgan fingerprint density at radius 3 is 2.18 bits per heavy atom. The zero-order valence-electron chi connectivity index (χ0n) is 17.7. The van der Waals surface area contributed by atoms with Gasteiger partial charge in [0.1, 0.15) is 6.04 Å². The Bertz CT molecular complexity index is 549. The van der Waals surface area contributed by atoms with Crippen molar-refractivity contribution in [2.45, 2.75) is 77.7 Å². The fourth-order valence-electron chi connectivity index (χ4n) is 6.25. The van der Waals surface area contributed by atoms with Gasteiger partial charge in [0.25, 0.3) is 0 Å². The van der Waals surface area contributed by atoms with Gasteiger partial charge in [-0.3, -0.25) is 9.59 Å². The van der Waals surface area contributed by atoms with Crippen molar-refractivity contribution in [2.24, 2.45) is 35.0 Å². The lowest BCUT2D eigenvalue weighted by molar-refractivity contribution is -0.149. The minimum Gasteiger partial charge on any atom is -0.381 e. The van der Waals surface area contributed by atoms with Crippen LogP contribution in [0.3, 0.4) is 0 Å². The summed E-state index contributed by atoms with van der Waals surface area (Å²) in [6.45, 7) is 6.21. The smallest absolute Gasteiger partial charge is 0.242 e. The maximum atomic E-state index is 13.3. The van der Waals surface area contributed by atoms with E-state index < -0.39 is 6.04 Å². The average molecular weight is 391 g/mol. The molecule has 0 aromatic rings. The Balaban J connectivity index is 1.25. The van der Waals surface area contributed by atoms with Crippen LogP contribution in [0.4, 0.5) is 0 Å². The van der Waals surface area contributed by atoms with Gasteiger partial charge in [-0.15, -0.1) is 0 Å². The van der Waals surface area contributed by atoms with E-state index in [2.05, 4.69) is 10.6 Å². The quantitative estimate of drug-likeness (QED) is 0.563. The van der Waals surface area contributed by atoms with Crippen LogP contribution < -0.4 is 10.6 Å². The van der Waals surface area contributed by atoms with E-state index in [-0.39, 0.29) is 23.1 Å². The van der Waals surface area contributed by atoms with Crippen LogP contribution in [0.1, 0.15) is 71.6 Å². The van der Waals surface area contributed by atoms with Gasteiger partial charge in [-0.2, -0.15) is 0 Å². The molecule has 5 nitrogen and oxygen atoms in total. The number of carbonyl (C=O) groups is 2. The molecule has 0 radical (unpaired) electrons. The minimum absolute atomic E-state index is 0.0460. The van der Waals surface area contributed by atoms with Gasteiger partial charge in [0.05, 0.1) is 0 Å². The zero-order valence-corrected chi connectivity index (χ0v) is 17.7. The molecule has 5 heteroatoms. The molecule has 2 N–H and O–H groups in total. The highest BCUT2D eigenvalue weighted by molar-refractivity contribution is 5.90. The van der Waals surface area contributed by atoms with E-state index >= 15 is 0 Å². The number of hydrogen-bond donors (Lipinski definition) is 2. The molecule has 158 valence electrons. The molecule has 28 heavy (non-hydrogen) atoms. The molecule has 5 rings (SSSR count). The number of rotatable bonds is 10. The molecule has 0 aliphatic heterocycles. The van der Waals surface area contributed by atoms with Gasteiger partial charge >= 0.3 is 0 Å². The van der Waals surface area contributed by atoms with Crippen LogP contribution in [0.25, 0.3) is 0 Å². The first-order valence-corrected chi connectivity index (χ1v) is 11.6. The summed E-state index contributed by atoms with van der Waals surface area (Å²) in [5.74, 6) is 3.17. The van der Waals surface area contributed by atoms with Crippen molar-refractivity contribution in [1.29, 1.82) is 0 Å². The number of amides is 2. The largest absolute Gasteiger partial charge is 0.381 e. The Kier molecular flexibility index (Phi) is 6.01. The van der Waals surface area contributed by atoms with Crippen LogP contribution in [-0.4, -0.2) is 37.6 Å². The van der Waals surface area contributed by atoms with Crippen LogP contribution in [-0.2, 0) is 14.3 Å². The van der Waals surface area contributed by atoms with Gasteiger partial charge in [0, 0.05) is 25.2 Å². The van der Waals surface area contributed by atoms with Gasteiger partial charge in [0.2, 0.25) is 11.8 Å². The monoisotopic (exact) mass is 390 g/mol. The minimum atomic E-state index is -0.437. The van der Waals surface area contributed by atoms with Crippen LogP contribution in [0.15, 0.2) is 0 Å². The standard InChI is InChI=1S/C23H38N2O3/c1-15(2)20(21(26)24-6-3-7-28-14-16-4-5-16)25-22(27)23-11-17-8-18(12-23)10-19(9-17)13-23/h15-20H,3-14H2,1-2H3,(H,24,26)(H,25,27). The second-order valence-corrected chi connectivity index (χ2v) is 10.6. The molecule has 0 aromatic carbocycles. The number of carbonyl (C=O) groups excluding carboxylic acids is 2. The summed E-state index contributed by atoms with van der Waals surface area (Å²) in [4.78, 5) is 26.0. The van der Waals surface area contributed by atoms with E-state index in [0.717, 1.165) is 56.0 Å². The summed E-state index contributed by atoms with van der Waals surface area (Å²) in [6, 6.07) is -0.437. The van der Waals surface area contributed by atoms with E-state index in [1.165, 1.54) is 32.1 Å². The average Bonchev–Trinajstić information content (AvgIpc) is 3.45. The highest BCUT2D eigenvalue weighted by Gasteiger charge is 2.55. The highest BCUT2D eigenvalue weighted by atomic mass is 16.5. The summed E-state index contributed by atoms with van der Waals surface area (Å²) in [5, 5.41) is 6.18. The Hall–Kier alpha value is -1.10. The van der Waals surface area contributed by atoms with Crippen molar-refractivity contribution < 1.29 is 14.3 Å². The van der Waals surface area contributed by atoms with E-state index in [1.54, 1.807) is 0 Å².